The third-order valence-corrected chi connectivity index (χ3v) is 4.39. The summed E-state index contributed by atoms with van der Waals surface area (Å²) in [6.45, 7) is 2.32. The summed E-state index contributed by atoms with van der Waals surface area (Å²) in [5, 5.41) is 17.2. The van der Waals surface area contributed by atoms with Gasteiger partial charge in [-0.3, -0.25) is 19.7 Å². The fraction of sp³-hybridized carbons (Fsp3) is 0.300. The Labute approximate surface area is 175 Å². The van der Waals surface area contributed by atoms with Crippen LogP contribution >= 0.6 is 12.4 Å². The van der Waals surface area contributed by atoms with Crippen LogP contribution < -0.4 is 15.5 Å². The van der Waals surface area contributed by atoms with E-state index in [0.717, 1.165) is 0 Å². The van der Waals surface area contributed by atoms with Crippen molar-refractivity contribution >= 4 is 35.5 Å². The largest absolute Gasteiger partial charge is 0.372 e. The van der Waals surface area contributed by atoms with Crippen LogP contribution in [-0.4, -0.2) is 50.3 Å². The van der Waals surface area contributed by atoms with E-state index in [9.17, 15) is 19.7 Å². The number of carbonyl (C=O) groups is 2. The molecule has 0 aliphatic rings. The van der Waals surface area contributed by atoms with E-state index >= 15 is 0 Å². The predicted octanol–water partition coefficient (Wildman–Crippen LogP) is 2.65. The number of nitrogens with one attached hydrogen (secondary N) is 2. The van der Waals surface area contributed by atoms with Crippen LogP contribution in [0.5, 0.6) is 0 Å². The highest BCUT2D eigenvalue weighted by molar-refractivity contribution is 6.15. The summed E-state index contributed by atoms with van der Waals surface area (Å²) in [5.74, 6) is -0.814. The first-order valence-electron chi connectivity index (χ1n) is 8.81. The van der Waals surface area contributed by atoms with E-state index in [-0.39, 0.29) is 46.7 Å². The highest BCUT2D eigenvalue weighted by atomic mass is 35.5. The lowest BCUT2D eigenvalue weighted by molar-refractivity contribution is -0.384. The quantitative estimate of drug-likeness (QED) is 0.386. The van der Waals surface area contributed by atoms with Crippen molar-refractivity contribution in [3.8, 4) is 0 Å². The van der Waals surface area contributed by atoms with Gasteiger partial charge >= 0.3 is 0 Å². The van der Waals surface area contributed by atoms with Crippen molar-refractivity contribution < 1.29 is 14.5 Å². The van der Waals surface area contributed by atoms with Gasteiger partial charge in [-0.1, -0.05) is 18.2 Å². The second-order valence-electron chi connectivity index (χ2n) is 6.63. The van der Waals surface area contributed by atoms with Gasteiger partial charge in [0, 0.05) is 43.9 Å². The van der Waals surface area contributed by atoms with Gasteiger partial charge < -0.3 is 15.5 Å². The molecule has 0 aliphatic heterocycles. The van der Waals surface area contributed by atoms with Crippen molar-refractivity contribution in [2.75, 3.05) is 32.6 Å². The number of anilines is 1. The van der Waals surface area contributed by atoms with E-state index in [1.165, 1.54) is 18.2 Å². The number of hydrogen-bond acceptors (Lipinski definition) is 6. The SMILES string of the molecule is CNC(C)CNC(=O)c1ccccc1C(=O)c1ccc(N(C)C)c([N+](=O)[O-])c1.Cl. The number of hydrogen-bond donors (Lipinski definition) is 2. The average molecular weight is 421 g/mol. The third kappa shape index (κ3) is 5.75. The maximum atomic E-state index is 13.0. The van der Waals surface area contributed by atoms with Crippen LogP contribution in [0.2, 0.25) is 0 Å². The van der Waals surface area contributed by atoms with E-state index in [1.807, 2.05) is 6.92 Å². The number of halogens is 1. The number of rotatable bonds is 8. The summed E-state index contributed by atoms with van der Waals surface area (Å²) in [6, 6.07) is 10.8. The molecule has 8 nitrogen and oxygen atoms in total. The molecule has 0 spiro atoms. The van der Waals surface area contributed by atoms with Crippen LogP contribution in [-0.2, 0) is 0 Å². The molecule has 0 saturated carbocycles. The molecule has 1 unspecified atom stereocenters. The Hall–Kier alpha value is -2.97. The molecule has 0 heterocycles. The Bertz CT molecular complexity index is 902. The normalized spacial score (nSPS) is 11.2. The summed E-state index contributed by atoms with van der Waals surface area (Å²) in [5.41, 5.74) is 0.814. The van der Waals surface area contributed by atoms with E-state index in [0.29, 0.717) is 12.2 Å². The Morgan fingerprint density at radius 2 is 1.76 bits per heavy atom. The summed E-state index contributed by atoms with van der Waals surface area (Å²) < 4.78 is 0. The maximum Gasteiger partial charge on any atom is 0.293 e. The lowest BCUT2D eigenvalue weighted by Gasteiger charge is -2.14. The molecule has 2 rings (SSSR count). The number of nitro groups is 1. The number of carbonyl (C=O) groups excluding carboxylic acids is 2. The molecule has 0 saturated heterocycles. The van der Waals surface area contributed by atoms with Crippen molar-refractivity contribution in [1.82, 2.24) is 10.6 Å². The number of nitrogens with zero attached hydrogens (tertiary/aromatic N) is 2. The first-order valence-corrected chi connectivity index (χ1v) is 8.81. The lowest BCUT2D eigenvalue weighted by atomic mass is 9.97. The van der Waals surface area contributed by atoms with Crippen molar-refractivity contribution in [1.29, 1.82) is 0 Å². The van der Waals surface area contributed by atoms with Crippen molar-refractivity contribution in [3.63, 3.8) is 0 Å². The number of benzene rings is 2. The minimum Gasteiger partial charge on any atom is -0.372 e. The molecule has 1 amide bonds. The zero-order valence-electron chi connectivity index (χ0n) is 16.8. The molecule has 2 aromatic rings. The highest BCUT2D eigenvalue weighted by Gasteiger charge is 2.22. The minimum absolute atomic E-state index is 0. The smallest absolute Gasteiger partial charge is 0.293 e. The number of amides is 1. The lowest BCUT2D eigenvalue weighted by Crippen LogP contribution is -2.37. The molecule has 0 aliphatic carbocycles. The predicted molar refractivity (Wildman–Crippen MR) is 115 cm³/mol. The van der Waals surface area contributed by atoms with Gasteiger partial charge in [0.05, 0.1) is 10.5 Å². The molecule has 0 radical (unpaired) electrons. The van der Waals surface area contributed by atoms with E-state index in [4.69, 9.17) is 0 Å². The van der Waals surface area contributed by atoms with Crippen LogP contribution in [0.15, 0.2) is 42.5 Å². The van der Waals surface area contributed by atoms with Gasteiger partial charge in [-0.2, -0.15) is 0 Å². The second-order valence-corrected chi connectivity index (χ2v) is 6.63. The zero-order chi connectivity index (χ0) is 20.8. The zero-order valence-corrected chi connectivity index (χ0v) is 17.6. The monoisotopic (exact) mass is 420 g/mol. The summed E-state index contributed by atoms with van der Waals surface area (Å²) in [4.78, 5) is 38.0. The molecule has 1 atom stereocenters. The third-order valence-electron chi connectivity index (χ3n) is 4.39. The molecule has 2 N–H and O–H groups in total. The van der Waals surface area contributed by atoms with Gasteiger partial charge in [-0.05, 0) is 32.2 Å². The number of likely N-dealkylation sites (N-methyl/N-ethyl adjacent to an activating group) is 1. The fourth-order valence-corrected chi connectivity index (χ4v) is 2.67. The van der Waals surface area contributed by atoms with Crippen LogP contribution in [0, 0.1) is 10.1 Å². The number of nitro benzene ring substituents is 1. The van der Waals surface area contributed by atoms with E-state index in [2.05, 4.69) is 10.6 Å². The van der Waals surface area contributed by atoms with E-state index in [1.54, 1.807) is 50.3 Å². The summed E-state index contributed by atoms with van der Waals surface area (Å²) in [6.07, 6.45) is 0. The fourth-order valence-electron chi connectivity index (χ4n) is 2.67. The molecular formula is C20H25ClN4O4. The van der Waals surface area contributed by atoms with Gasteiger partial charge in [0.15, 0.2) is 5.78 Å². The van der Waals surface area contributed by atoms with Gasteiger partial charge in [0.25, 0.3) is 11.6 Å². The topological polar surface area (TPSA) is 105 Å². The molecule has 0 bridgehead atoms. The highest BCUT2D eigenvalue weighted by Crippen LogP contribution is 2.29. The molecular weight excluding hydrogens is 396 g/mol. The summed E-state index contributed by atoms with van der Waals surface area (Å²) in [7, 11) is 5.17. The number of ketones is 1. The van der Waals surface area contributed by atoms with Gasteiger partial charge in [-0.15, -0.1) is 12.4 Å². The van der Waals surface area contributed by atoms with Crippen molar-refractivity contribution in [2.24, 2.45) is 0 Å². The van der Waals surface area contributed by atoms with Crippen LogP contribution in [0.3, 0.4) is 0 Å². The maximum absolute atomic E-state index is 13.0. The molecule has 9 heteroatoms. The first kappa shape index (κ1) is 24.1. The van der Waals surface area contributed by atoms with Gasteiger partial charge in [0.2, 0.25) is 0 Å². The first-order chi connectivity index (χ1) is 13.3. The van der Waals surface area contributed by atoms with Gasteiger partial charge in [-0.25, -0.2) is 0 Å². The second kappa shape index (κ2) is 10.5. The Balaban J connectivity index is 0.00000420. The Kier molecular flexibility index (Phi) is 8.75. The minimum atomic E-state index is -0.524. The standard InChI is InChI=1S/C20H24N4O4.ClH/c1-13(21-2)12-22-20(26)16-8-6-5-7-15(16)19(25)14-9-10-17(23(3)4)18(11-14)24(27)28;/h5-11,13,21H,12H2,1-4H3,(H,22,26);1H. The van der Waals surface area contributed by atoms with Crippen LogP contribution in [0.4, 0.5) is 11.4 Å². The van der Waals surface area contributed by atoms with Crippen molar-refractivity contribution in [3.05, 3.63) is 69.3 Å². The van der Waals surface area contributed by atoms with Crippen molar-refractivity contribution in [2.45, 2.75) is 13.0 Å². The average Bonchev–Trinajstić information content (AvgIpc) is 2.70. The van der Waals surface area contributed by atoms with Gasteiger partial charge in [0.1, 0.15) is 5.69 Å². The molecule has 0 aromatic heterocycles. The van der Waals surface area contributed by atoms with Crippen LogP contribution in [0.1, 0.15) is 33.2 Å². The Morgan fingerprint density at radius 3 is 2.31 bits per heavy atom. The summed E-state index contributed by atoms with van der Waals surface area (Å²) >= 11 is 0. The molecule has 29 heavy (non-hydrogen) atoms. The molecule has 0 fully saturated rings. The van der Waals surface area contributed by atoms with E-state index < -0.39 is 10.7 Å². The Morgan fingerprint density at radius 1 is 1.14 bits per heavy atom. The molecule has 156 valence electrons. The molecule has 2 aromatic carbocycles. The van der Waals surface area contributed by atoms with Crippen LogP contribution in [0.25, 0.3) is 0 Å².